The van der Waals surface area contributed by atoms with Gasteiger partial charge in [-0.2, -0.15) is 0 Å². The maximum Gasteiger partial charge on any atom is 0.309 e. The van der Waals surface area contributed by atoms with E-state index in [0.29, 0.717) is 0 Å². The molecule has 2 atom stereocenters. The second-order valence-corrected chi connectivity index (χ2v) is 7.34. The largest absolute Gasteiger partial charge is 0.462 e. The SMILES string of the molecule is CCC(C)OC(=O)C(CC(C)(C)C)C(C)(C)C. The lowest BCUT2D eigenvalue weighted by atomic mass is 9.72. The Kier molecular flexibility index (Phi) is 5.70. The molecule has 0 aromatic carbocycles. The van der Waals surface area contributed by atoms with E-state index in [1.54, 1.807) is 0 Å². The molecule has 17 heavy (non-hydrogen) atoms. The minimum absolute atomic E-state index is 0.0207. The maximum atomic E-state index is 12.2. The van der Waals surface area contributed by atoms with Gasteiger partial charge in [0.15, 0.2) is 0 Å². The van der Waals surface area contributed by atoms with Crippen molar-refractivity contribution in [1.29, 1.82) is 0 Å². The molecule has 0 aliphatic heterocycles. The van der Waals surface area contributed by atoms with Crippen molar-refractivity contribution in [3.8, 4) is 0 Å². The summed E-state index contributed by atoms with van der Waals surface area (Å²) in [6.07, 6.45) is 1.76. The van der Waals surface area contributed by atoms with Crippen LogP contribution < -0.4 is 0 Å². The van der Waals surface area contributed by atoms with Gasteiger partial charge in [0.05, 0.1) is 12.0 Å². The van der Waals surface area contributed by atoms with Gasteiger partial charge in [0.2, 0.25) is 0 Å². The molecule has 0 heterocycles. The Morgan fingerprint density at radius 2 is 1.59 bits per heavy atom. The van der Waals surface area contributed by atoms with Crippen molar-refractivity contribution in [3.63, 3.8) is 0 Å². The Balaban J connectivity index is 4.76. The van der Waals surface area contributed by atoms with Gasteiger partial charge in [0, 0.05) is 0 Å². The first-order chi connectivity index (χ1) is 7.47. The summed E-state index contributed by atoms with van der Waals surface area (Å²) < 4.78 is 5.50. The van der Waals surface area contributed by atoms with Crippen LogP contribution in [0.15, 0.2) is 0 Å². The molecule has 0 bridgehead atoms. The van der Waals surface area contributed by atoms with Gasteiger partial charge in [-0.05, 0) is 30.6 Å². The highest BCUT2D eigenvalue weighted by Gasteiger charge is 2.36. The first-order valence-corrected chi connectivity index (χ1v) is 6.68. The highest BCUT2D eigenvalue weighted by molar-refractivity contribution is 5.73. The van der Waals surface area contributed by atoms with Gasteiger partial charge >= 0.3 is 5.97 Å². The van der Waals surface area contributed by atoms with E-state index in [2.05, 4.69) is 41.5 Å². The van der Waals surface area contributed by atoms with Gasteiger partial charge in [0.1, 0.15) is 0 Å². The summed E-state index contributed by atoms with van der Waals surface area (Å²) in [5, 5.41) is 0. The Bertz CT molecular complexity index is 243. The normalized spacial score (nSPS) is 16.5. The van der Waals surface area contributed by atoms with Gasteiger partial charge in [-0.25, -0.2) is 0 Å². The summed E-state index contributed by atoms with van der Waals surface area (Å²) >= 11 is 0. The second kappa shape index (κ2) is 5.88. The monoisotopic (exact) mass is 242 g/mol. The van der Waals surface area contributed by atoms with Crippen molar-refractivity contribution < 1.29 is 9.53 Å². The summed E-state index contributed by atoms with van der Waals surface area (Å²) in [6.45, 7) is 16.8. The van der Waals surface area contributed by atoms with Crippen LogP contribution in [-0.2, 0) is 9.53 Å². The van der Waals surface area contributed by atoms with E-state index < -0.39 is 0 Å². The van der Waals surface area contributed by atoms with Gasteiger partial charge in [-0.1, -0.05) is 48.5 Å². The minimum Gasteiger partial charge on any atom is -0.462 e. The number of hydrogen-bond acceptors (Lipinski definition) is 2. The zero-order chi connectivity index (χ0) is 13.9. The van der Waals surface area contributed by atoms with Crippen LogP contribution in [0, 0.1) is 16.7 Å². The standard InChI is InChI=1S/C15H30O2/c1-9-11(2)17-13(16)12(15(6,7)8)10-14(3,4)5/h11-12H,9-10H2,1-8H3. The number of hydrogen-bond donors (Lipinski definition) is 0. The Morgan fingerprint density at radius 3 is 1.88 bits per heavy atom. The molecular weight excluding hydrogens is 212 g/mol. The molecule has 0 aromatic rings. The fourth-order valence-electron chi connectivity index (χ4n) is 1.72. The summed E-state index contributed by atoms with van der Waals surface area (Å²) in [5.74, 6) is -0.0710. The Hall–Kier alpha value is -0.530. The van der Waals surface area contributed by atoms with Crippen LogP contribution >= 0.6 is 0 Å². The van der Waals surface area contributed by atoms with Crippen LogP contribution in [0.25, 0.3) is 0 Å². The first kappa shape index (κ1) is 16.5. The molecule has 0 amide bonds. The molecular formula is C15H30O2. The lowest BCUT2D eigenvalue weighted by molar-refractivity contribution is -0.158. The van der Waals surface area contributed by atoms with Crippen molar-refractivity contribution in [2.75, 3.05) is 0 Å². The molecule has 2 heteroatoms. The van der Waals surface area contributed by atoms with Crippen molar-refractivity contribution in [2.45, 2.75) is 74.3 Å². The van der Waals surface area contributed by atoms with Gasteiger partial charge in [-0.3, -0.25) is 4.79 Å². The van der Waals surface area contributed by atoms with Crippen molar-refractivity contribution in [1.82, 2.24) is 0 Å². The molecule has 102 valence electrons. The van der Waals surface area contributed by atoms with E-state index in [-0.39, 0.29) is 28.8 Å². The van der Waals surface area contributed by atoms with E-state index in [1.807, 2.05) is 13.8 Å². The van der Waals surface area contributed by atoms with E-state index in [9.17, 15) is 4.79 Å². The van der Waals surface area contributed by atoms with E-state index in [1.165, 1.54) is 0 Å². The van der Waals surface area contributed by atoms with E-state index in [0.717, 1.165) is 12.8 Å². The van der Waals surface area contributed by atoms with Gasteiger partial charge < -0.3 is 4.74 Å². The number of carbonyl (C=O) groups excluding carboxylic acids is 1. The van der Waals surface area contributed by atoms with Crippen molar-refractivity contribution >= 4 is 5.97 Å². The topological polar surface area (TPSA) is 26.3 Å². The van der Waals surface area contributed by atoms with E-state index in [4.69, 9.17) is 4.74 Å². The average Bonchev–Trinajstić information content (AvgIpc) is 2.10. The van der Waals surface area contributed by atoms with Gasteiger partial charge in [0.25, 0.3) is 0 Å². The molecule has 0 fully saturated rings. The fraction of sp³-hybridized carbons (Fsp3) is 0.933. The summed E-state index contributed by atoms with van der Waals surface area (Å²) in [6, 6.07) is 0. The third-order valence-electron chi connectivity index (χ3n) is 3.04. The molecule has 0 spiro atoms. The maximum absolute atomic E-state index is 12.2. The molecule has 0 aliphatic rings. The van der Waals surface area contributed by atoms with Crippen LogP contribution in [0.3, 0.4) is 0 Å². The zero-order valence-corrected chi connectivity index (χ0v) is 12.9. The van der Waals surface area contributed by atoms with Crippen molar-refractivity contribution in [2.24, 2.45) is 16.7 Å². The second-order valence-electron chi connectivity index (χ2n) is 7.34. The molecule has 2 nitrogen and oxygen atoms in total. The minimum atomic E-state index is -0.0438. The molecule has 0 aliphatic carbocycles. The Labute approximate surface area is 107 Å². The predicted octanol–water partition coefficient (Wildman–Crippen LogP) is 4.43. The number of esters is 1. The predicted molar refractivity (Wildman–Crippen MR) is 72.9 cm³/mol. The highest BCUT2D eigenvalue weighted by atomic mass is 16.5. The molecule has 0 radical (unpaired) electrons. The summed E-state index contributed by atoms with van der Waals surface area (Å²) in [4.78, 5) is 12.2. The number of ether oxygens (including phenoxy) is 1. The first-order valence-electron chi connectivity index (χ1n) is 6.68. The Morgan fingerprint density at radius 1 is 1.12 bits per heavy atom. The average molecular weight is 242 g/mol. The van der Waals surface area contributed by atoms with Crippen LogP contribution in [0.1, 0.15) is 68.2 Å². The van der Waals surface area contributed by atoms with Crippen LogP contribution in [0.4, 0.5) is 0 Å². The molecule has 0 rings (SSSR count). The van der Waals surface area contributed by atoms with Crippen LogP contribution in [-0.4, -0.2) is 12.1 Å². The van der Waals surface area contributed by atoms with Crippen LogP contribution in [0.5, 0.6) is 0 Å². The third-order valence-corrected chi connectivity index (χ3v) is 3.04. The fourth-order valence-corrected chi connectivity index (χ4v) is 1.72. The van der Waals surface area contributed by atoms with Gasteiger partial charge in [-0.15, -0.1) is 0 Å². The van der Waals surface area contributed by atoms with E-state index >= 15 is 0 Å². The molecule has 0 saturated carbocycles. The van der Waals surface area contributed by atoms with Crippen LogP contribution in [0.2, 0.25) is 0 Å². The zero-order valence-electron chi connectivity index (χ0n) is 12.9. The third kappa shape index (κ3) is 6.70. The molecule has 2 unspecified atom stereocenters. The molecule has 0 N–H and O–H groups in total. The lowest BCUT2D eigenvalue weighted by Gasteiger charge is -2.34. The lowest BCUT2D eigenvalue weighted by Crippen LogP contribution is -2.35. The quantitative estimate of drug-likeness (QED) is 0.682. The molecule has 0 saturated heterocycles. The molecule has 0 aromatic heterocycles. The summed E-state index contributed by atoms with van der Waals surface area (Å²) in [7, 11) is 0. The smallest absolute Gasteiger partial charge is 0.309 e. The van der Waals surface area contributed by atoms with Crippen molar-refractivity contribution in [3.05, 3.63) is 0 Å². The summed E-state index contributed by atoms with van der Waals surface area (Å²) in [5.41, 5.74) is 0.101. The number of carbonyl (C=O) groups is 1. The highest BCUT2D eigenvalue weighted by Crippen LogP contribution is 2.37. The number of rotatable bonds is 4.